The van der Waals surface area contributed by atoms with Crippen LogP contribution in [0.5, 0.6) is 5.95 Å². The molecule has 1 fully saturated rings. The third kappa shape index (κ3) is 4.18. The summed E-state index contributed by atoms with van der Waals surface area (Å²) in [6, 6.07) is 8.92. The highest BCUT2D eigenvalue weighted by molar-refractivity contribution is 6.44. The van der Waals surface area contributed by atoms with Gasteiger partial charge in [0, 0.05) is 60.4 Å². The molecule has 3 aromatic rings. The van der Waals surface area contributed by atoms with Crippen LogP contribution in [0.3, 0.4) is 0 Å². The summed E-state index contributed by atoms with van der Waals surface area (Å²) < 4.78 is 10.1. The van der Waals surface area contributed by atoms with E-state index in [9.17, 15) is 4.79 Å². The van der Waals surface area contributed by atoms with Crippen molar-refractivity contribution in [2.45, 2.75) is 13.5 Å². The highest BCUT2D eigenvalue weighted by atomic mass is 35.5. The summed E-state index contributed by atoms with van der Waals surface area (Å²) in [6.45, 7) is 5.99. The van der Waals surface area contributed by atoms with Gasteiger partial charge in [-0.15, -0.1) is 0 Å². The van der Waals surface area contributed by atoms with Gasteiger partial charge < -0.3 is 19.2 Å². The molecule has 158 valence electrons. The number of carboxylic acid groups (broad SMARTS) is 1. The Morgan fingerprint density at radius 3 is 2.50 bits per heavy atom. The summed E-state index contributed by atoms with van der Waals surface area (Å²) in [4.78, 5) is 15.3. The molecule has 4 rings (SSSR count). The number of hydrogen-bond donors (Lipinski definition) is 1. The van der Waals surface area contributed by atoms with E-state index in [-0.39, 0.29) is 5.95 Å². The van der Waals surface area contributed by atoms with Crippen molar-refractivity contribution in [3.63, 3.8) is 0 Å². The Balaban J connectivity index is 1.48. The lowest BCUT2D eigenvalue weighted by Gasteiger charge is -2.37. The Morgan fingerprint density at radius 1 is 1.10 bits per heavy atom. The number of hydrogen-bond acceptors (Lipinski definition) is 5. The van der Waals surface area contributed by atoms with Crippen LogP contribution in [-0.2, 0) is 6.54 Å². The van der Waals surface area contributed by atoms with E-state index in [2.05, 4.69) is 14.5 Å². The third-order valence-corrected chi connectivity index (χ3v) is 6.54. The van der Waals surface area contributed by atoms with E-state index in [0.29, 0.717) is 27.2 Å². The molecule has 0 atom stereocenters. The summed E-state index contributed by atoms with van der Waals surface area (Å²) in [7, 11) is 0. The van der Waals surface area contributed by atoms with Gasteiger partial charge in [-0.25, -0.2) is 4.79 Å². The number of benzene rings is 2. The van der Waals surface area contributed by atoms with Crippen molar-refractivity contribution in [2.24, 2.45) is 0 Å². The molecule has 1 N–H and O–H groups in total. The van der Waals surface area contributed by atoms with Gasteiger partial charge in [0.15, 0.2) is 0 Å². The van der Waals surface area contributed by atoms with Crippen molar-refractivity contribution in [3.05, 3.63) is 56.5 Å². The molecule has 1 aliphatic rings. The van der Waals surface area contributed by atoms with E-state index in [1.54, 1.807) is 18.2 Å². The third-order valence-electron chi connectivity index (χ3n) is 5.34. The average Bonchev–Trinajstić information content (AvgIpc) is 3.12. The van der Waals surface area contributed by atoms with Crippen molar-refractivity contribution in [3.8, 4) is 5.95 Å². The van der Waals surface area contributed by atoms with E-state index >= 15 is 0 Å². The zero-order valence-corrected chi connectivity index (χ0v) is 18.4. The Morgan fingerprint density at radius 2 is 1.80 bits per heavy atom. The summed E-state index contributed by atoms with van der Waals surface area (Å²) in [5.41, 5.74) is 3.55. The van der Waals surface area contributed by atoms with Crippen molar-refractivity contribution in [1.82, 2.24) is 4.90 Å². The Bertz CT molecular complexity index is 1110. The molecule has 2 aromatic carbocycles. The molecule has 9 heteroatoms. The number of ether oxygens (including phenoxy) is 1. The standard InChI is InChI=1S/C21H19Cl3N2O4/c1-12-13-10-19(30-21(27)28)29-18(13)5-4-17(12)26-8-6-25(7-9-26)11-14-15(22)2-3-16(23)20(14)24/h2-5,10H,6-9,11H2,1H3,(H,27,28). The smallest absolute Gasteiger partial charge is 0.449 e. The maximum Gasteiger partial charge on any atom is 0.513 e. The molecule has 0 radical (unpaired) electrons. The van der Waals surface area contributed by atoms with Gasteiger partial charge in [-0.2, -0.15) is 0 Å². The minimum absolute atomic E-state index is 0.0298. The second-order valence-corrected chi connectivity index (χ2v) is 8.33. The Labute approximate surface area is 188 Å². The molecule has 30 heavy (non-hydrogen) atoms. The number of rotatable bonds is 4. The zero-order chi connectivity index (χ0) is 21.4. The predicted octanol–water partition coefficient (Wildman–Crippen LogP) is 6.08. The number of anilines is 1. The van der Waals surface area contributed by atoms with Crippen LogP contribution in [0.15, 0.2) is 34.7 Å². The number of nitrogens with zero attached hydrogens (tertiary/aromatic N) is 2. The maximum absolute atomic E-state index is 10.7. The second-order valence-electron chi connectivity index (χ2n) is 7.14. The van der Waals surface area contributed by atoms with Crippen LogP contribution in [0.25, 0.3) is 11.0 Å². The molecule has 0 amide bonds. The van der Waals surface area contributed by atoms with Gasteiger partial charge in [-0.3, -0.25) is 4.90 Å². The normalized spacial score (nSPS) is 15.0. The lowest BCUT2D eigenvalue weighted by molar-refractivity contribution is 0.134. The molecule has 0 aliphatic carbocycles. The van der Waals surface area contributed by atoms with Crippen LogP contribution in [0.4, 0.5) is 10.5 Å². The van der Waals surface area contributed by atoms with Crippen LogP contribution in [-0.4, -0.2) is 42.3 Å². The molecule has 1 aromatic heterocycles. The molecule has 1 aliphatic heterocycles. The monoisotopic (exact) mass is 468 g/mol. The van der Waals surface area contributed by atoms with Crippen molar-refractivity contribution in [1.29, 1.82) is 0 Å². The van der Waals surface area contributed by atoms with Gasteiger partial charge in [0.2, 0.25) is 0 Å². The van der Waals surface area contributed by atoms with Gasteiger partial charge >= 0.3 is 6.16 Å². The van der Waals surface area contributed by atoms with Crippen molar-refractivity contribution >= 4 is 57.6 Å². The fourth-order valence-electron chi connectivity index (χ4n) is 3.78. The predicted molar refractivity (Wildman–Crippen MR) is 119 cm³/mol. The lowest BCUT2D eigenvalue weighted by Crippen LogP contribution is -2.46. The highest BCUT2D eigenvalue weighted by Gasteiger charge is 2.22. The molecule has 0 spiro atoms. The number of furan rings is 1. The number of piperazine rings is 1. The van der Waals surface area contributed by atoms with Gasteiger partial charge in [-0.05, 0) is 36.8 Å². The fraction of sp³-hybridized carbons (Fsp3) is 0.286. The molecule has 0 bridgehead atoms. The van der Waals surface area contributed by atoms with E-state index < -0.39 is 6.16 Å². The average molecular weight is 470 g/mol. The summed E-state index contributed by atoms with van der Waals surface area (Å²) >= 11 is 18.8. The van der Waals surface area contributed by atoms with Gasteiger partial charge in [-0.1, -0.05) is 34.8 Å². The van der Waals surface area contributed by atoms with Crippen molar-refractivity contribution in [2.75, 3.05) is 31.1 Å². The molecule has 1 saturated heterocycles. The van der Waals surface area contributed by atoms with Gasteiger partial charge in [0.05, 0.1) is 10.0 Å². The van der Waals surface area contributed by atoms with Gasteiger partial charge in [0.1, 0.15) is 5.58 Å². The van der Waals surface area contributed by atoms with Crippen LogP contribution >= 0.6 is 34.8 Å². The molecule has 0 unspecified atom stereocenters. The van der Waals surface area contributed by atoms with Crippen LogP contribution in [0.2, 0.25) is 15.1 Å². The molecular formula is C21H19Cl3N2O4. The largest absolute Gasteiger partial charge is 0.513 e. The van der Waals surface area contributed by atoms with Crippen LogP contribution < -0.4 is 9.64 Å². The molecule has 6 nitrogen and oxygen atoms in total. The minimum atomic E-state index is -1.40. The highest BCUT2D eigenvalue weighted by Crippen LogP contribution is 2.35. The summed E-state index contributed by atoms with van der Waals surface area (Å²) in [5.74, 6) is -0.0298. The van der Waals surface area contributed by atoms with Crippen LogP contribution in [0, 0.1) is 6.92 Å². The zero-order valence-electron chi connectivity index (χ0n) is 16.1. The first kappa shape index (κ1) is 21.1. The van der Waals surface area contributed by atoms with Crippen LogP contribution in [0.1, 0.15) is 11.1 Å². The summed E-state index contributed by atoms with van der Waals surface area (Å²) in [5, 5.41) is 11.2. The lowest BCUT2D eigenvalue weighted by atomic mass is 10.1. The fourth-order valence-corrected chi connectivity index (χ4v) is 4.45. The minimum Gasteiger partial charge on any atom is -0.449 e. The maximum atomic E-state index is 10.7. The van der Waals surface area contributed by atoms with Gasteiger partial charge in [0.25, 0.3) is 5.95 Å². The second kappa shape index (κ2) is 8.55. The summed E-state index contributed by atoms with van der Waals surface area (Å²) in [6.07, 6.45) is -1.40. The quantitative estimate of drug-likeness (QED) is 0.369. The number of aryl methyl sites for hydroxylation is 1. The number of carbonyl (C=O) groups is 1. The SMILES string of the molecule is Cc1c(N2CCN(Cc3c(Cl)ccc(Cl)c3Cl)CC2)ccc2oc(OC(=O)O)cc12. The van der Waals surface area contributed by atoms with E-state index in [1.807, 2.05) is 19.1 Å². The number of fused-ring (bicyclic) bond motifs is 1. The van der Waals surface area contributed by atoms with E-state index in [4.69, 9.17) is 44.3 Å². The Kier molecular flexibility index (Phi) is 6.02. The van der Waals surface area contributed by atoms with Crippen molar-refractivity contribution < 1.29 is 19.1 Å². The first-order valence-corrected chi connectivity index (χ1v) is 10.5. The molecule has 0 saturated carbocycles. The number of halogens is 3. The molecular weight excluding hydrogens is 451 g/mol. The topological polar surface area (TPSA) is 66.2 Å². The van der Waals surface area contributed by atoms with E-state index in [1.165, 1.54) is 0 Å². The first-order chi connectivity index (χ1) is 14.3. The molecule has 2 heterocycles. The van der Waals surface area contributed by atoms with E-state index in [0.717, 1.165) is 48.4 Å². The first-order valence-electron chi connectivity index (χ1n) is 9.37. The Hall–Kier alpha value is -2.12.